The van der Waals surface area contributed by atoms with E-state index in [4.69, 9.17) is 5.11 Å². The number of aryl methyl sites for hydroxylation is 1. The molecule has 0 amide bonds. The van der Waals surface area contributed by atoms with Gasteiger partial charge in [0.2, 0.25) is 0 Å². The summed E-state index contributed by atoms with van der Waals surface area (Å²) >= 11 is 0. The van der Waals surface area contributed by atoms with E-state index in [1.54, 1.807) is 0 Å². The zero-order valence-electron chi connectivity index (χ0n) is 9.60. The van der Waals surface area contributed by atoms with Crippen LogP contribution in [0.1, 0.15) is 42.9 Å². The highest BCUT2D eigenvalue weighted by atomic mass is 16.3. The third-order valence-electron chi connectivity index (χ3n) is 3.59. The first-order valence-corrected chi connectivity index (χ1v) is 6.19. The standard InChI is InChI=1S/C14H20O2/c15-10-4-3-6-12-9-8-11-5-1-2-7-13(11)14(12)16/h1-2,5,7,12,14-16H,3-4,6,8-10H2. The largest absolute Gasteiger partial charge is 0.396 e. The number of rotatable bonds is 4. The van der Waals surface area contributed by atoms with Gasteiger partial charge >= 0.3 is 0 Å². The lowest BCUT2D eigenvalue weighted by Crippen LogP contribution is -2.20. The number of hydrogen-bond acceptors (Lipinski definition) is 2. The molecule has 0 spiro atoms. The van der Waals surface area contributed by atoms with Gasteiger partial charge < -0.3 is 10.2 Å². The Morgan fingerprint density at radius 1 is 1.19 bits per heavy atom. The summed E-state index contributed by atoms with van der Waals surface area (Å²) in [4.78, 5) is 0. The molecule has 2 N–H and O–H groups in total. The molecule has 0 heterocycles. The van der Waals surface area contributed by atoms with Crippen molar-refractivity contribution in [2.24, 2.45) is 5.92 Å². The Bertz CT molecular complexity index is 335. The average Bonchev–Trinajstić information content (AvgIpc) is 2.33. The lowest BCUT2D eigenvalue weighted by Gasteiger charge is -2.30. The number of hydrogen-bond donors (Lipinski definition) is 2. The first-order valence-electron chi connectivity index (χ1n) is 6.19. The van der Waals surface area contributed by atoms with E-state index in [1.807, 2.05) is 18.2 Å². The van der Waals surface area contributed by atoms with Crippen molar-refractivity contribution in [3.63, 3.8) is 0 Å². The number of benzene rings is 1. The van der Waals surface area contributed by atoms with Gasteiger partial charge in [0.25, 0.3) is 0 Å². The molecule has 1 aliphatic rings. The molecule has 0 fully saturated rings. The van der Waals surface area contributed by atoms with Gasteiger partial charge in [-0.2, -0.15) is 0 Å². The molecule has 88 valence electrons. The number of fused-ring (bicyclic) bond motifs is 1. The minimum Gasteiger partial charge on any atom is -0.396 e. The summed E-state index contributed by atoms with van der Waals surface area (Å²) in [6.45, 7) is 0.263. The molecule has 2 atom stereocenters. The molecular formula is C14H20O2. The molecule has 0 aromatic heterocycles. The van der Waals surface area contributed by atoms with E-state index in [0.29, 0.717) is 5.92 Å². The van der Waals surface area contributed by atoms with Crippen molar-refractivity contribution >= 4 is 0 Å². The molecule has 2 unspecified atom stereocenters. The van der Waals surface area contributed by atoms with Crippen LogP contribution in [-0.2, 0) is 6.42 Å². The normalized spacial score (nSPS) is 24.1. The average molecular weight is 220 g/mol. The maximum atomic E-state index is 10.3. The molecule has 1 aliphatic carbocycles. The molecule has 0 bridgehead atoms. The second kappa shape index (κ2) is 5.46. The van der Waals surface area contributed by atoms with Gasteiger partial charge in [0.1, 0.15) is 0 Å². The summed E-state index contributed by atoms with van der Waals surface area (Å²) in [5.41, 5.74) is 2.41. The monoisotopic (exact) mass is 220 g/mol. The van der Waals surface area contributed by atoms with E-state index in [-0.39, 0.29) is 12.7 Å². The van der Waals surface area contributed by atoms with Crippen LogP contribution in [0.5, 0.6) is 0 Å². The van der Waals surface area contributed by atoms with Crippen molar-refractivity contribution in [1.82, 2.24) is 0 Å². The highest BCUT2D eigenvalue weighted by molar-refractivity contribution is 5.31. The number of unbranched alkanes of at least 4 members (excludes halogenated alkanes) is 1. The van der Waals surface area contributed by atoms with Crippen LogP contribution in [-0.4, -0.2) is 16.8 Å². The summed E-state index contributed by atoms with van der Waals surface area (Å²) in [6.07, 6.45) is 4.74. The van der Waals surface area contributed by atoms with Crippen molar-refractivity contribution in [2.75, 3.05) is 6.61 Å². The summed E-state index contributed by atoms with van der Waals surface area (Å²) in [5, 5.41) is 19.0. The van der Waals surface area contributed by atoms with Crippen LogP contribution in [0.4, 0.5) is 0 Å². The predicted molar refractivity (Wildman–Crippen MR) is 64.1 cm³/mol. The molecule has 2 nitrogen and oxygen atoms in total. The van der Waals surface area contributed by atoms with Crippen LogP contribution in [0, 0.1) is 5.92 Å². The topological polar surface area (TPSA) is 40.5 Å². The lowest BCUT2D eigenvalue weighted by molar-refractivity contribution is 0.0858. The van der Waals surface area contributed by atoms with E-state index in [1.165, 1.54) is 5.56 Å². The highest BCUT2D eigenvalue weighted by Gasteiger charge is 2.26. The summed E-state index contributed by atoms with van der Waals surface area (Å²) in [5.74, 6) is 0.376. The molecular weight excluding hydrogens is 200 g/mol. The predicted octanol–water partition coefficient (Wildman–Crippen LogP) is 2.45. The Labute approximate surface area is 96.9 Å². The van der Waals surface area contributed by atoms with Crippen molar-refractivity contribution in [3.05, 3.63) is 35.4 Å². The third kappa shape index (κ3) is 2.45. The van der Waals surface area contributed by atoms with Gasteiger partial charge in [-0.1, -0.05) is 30.7 Å². The second-order valence-electron chi connectivity index (χ2n) is 4.66. The van der Waals surface area contributed by atoms with Crippen molar-refractivity contribution in [2.45, 2.75) is 38.2 Å². The molecule has 0 saturated carbocycles. The SMILES string of the molecule is OCCCCC1CCc2ccccc2C1O. The van der Waals surface area contributed by atoms with Gasteiger partial charge in [0.15, 0.2) is 0 Å². The fraction of sp³-hybridized carbons (Fsp3) is 0.571. The van der Waals surface area contributed by atoms with E-state index in [0.717, 1.165) is 37.7 Å². The quantitative estimate of drug-likeness (QED) is 0.765. The minimum atomic E-state index is -0.302. The van der Waals surface area contributed by atoms with Crippen LogP contribution in [0.25, 0.3) is 0 Å². The Kier molecular flexibility index (Phi) is 3.97. The molecule has 2 heteroatoms. The van der Waals surface area contributed by atoms with Crippen LogP contribution in [0.15, 0.2) is 24.3 Å². The molecule has 16 heavy (non-hydrogen) atoms. The molecule has 2 rings (SSSR count). The Morgan fingerprint density at radius 2 is 2.00 bits per heavy atom. The molecule has 1 aromatic rings. The van der Waals surface area contributed by atoms with Gasteiger partial charge in [-0.3, -0.25) is 0 Å². The first-order chi connectivity index (χ1) is 7.83. The summed E-state index contributed by atoms with van der Waals surface area (Å²) < 4.78 is 0. The Balaban J connectivity index is 2.00. The van der Waals surface area contributed by atoms with Gasteiger partial charge in [-0.15, -0.1) is 0 Å². The summed E-state index contributed by atoms with van der Waals surface area (Å²) in [7, 11) is 0. The molecule has 0 radical (unpaired) electrons. The van der Waals surface area contributed by atoms with Gasteiger partial charge in [0, 0.05) is 6.61 Å². The Morgan fingerprint density at radius 3 is 2.81 bits per heavy atom. The molecule has 0 aliphatic heterocycles. The van der Waals surface area contributed by atoms with Crippen LogP contribution < -0.4 is 0 Å². The van der Waals surface area contributed by atoms with Crippen molar-refractivity contribution in [1.29, 1.82) is 0 Å². The maximum Gasteiger partial charge on any atom is 0.0820 e. The zero-order valence-corrected chi connectivity index (χ0v) is 9.60. The van der Waals surface area contributed by atoms with Crippen LogP contribution in [0.2, 0.25) is 0 Å². The van der Waals surface area contributed by atoms with Crippen molar-refractivity contribution < 1.29 is 10.2 Å². The van der Waals surface area contributed by atoms with Crippen LogP contribution >= 0.6 is 0 Å². The summed E-state index contributed by atoms with van der Waals surface area (Å²) in [6, 6.07) is 8.19. The molecule has 1 aromatic carbocycles. The van der Waals surface area contributed by atoms with Gasteiger partial charge in [-0.25, -0.2) is 0 Å². The van der Waals surface area contributed by atoms with E-state index >= 15 is 0 Å². The highest BCUT2D eigenvalue weighted by Crippen LogP contribution is 2.36. The smallest absolute Gasteiger partial charge is 0.0820 e. The zero-order chi connectivity index (χ0) is 11.4. The van der Waals surface area contributed by atoms with Crippen LogP contribution in [0.3, 0.4) is 0 Å². The van der Waals surface area contributed by atoms with Crippen molar-refractivity contribution in [3.8, 4) is 0 Å². The third-order valence-corrected chi connectivity index (χ3v) is 3.59. The number of aliphatic hydroxyl groups excluding tert-OH is 2. The lowest BCUT2D eigenvalue weighted by atomic mass is 9.79. The Hall–Kier alpha value is -0.860. The second-order valence-corrected chi connectivity index (χ2v) is 4.66. The van der Waals surface area contributed by atoms with Gasteiger partial charge in [-0.05, 0) is 42.7 Å². The van der Waals surface area contributed by atoms with E-state index in [9.17, 15) is 5.11 Å². The van der Waals surface area contributed by atoms with E-state index < -0.39 is 0 Å². The minimum absolute atomic E-state index is 0.263. The fourth-order valence-corrected chi connectivity index (χ4v) is 2.62. The maximum absolute atomic E-state index is 10.3. The first kappa shape index (κ1) is 11.6. The number of aliphatic hydroxyl groups is 2. The fourth-order valence-electron chi connectivity index (χ4n) is 2.62. The molecule has 0 saturated heterocycles. The van der Waals surface area contributed by atoms with Gasteiger partial charge in [0.05, 0.1) is 6.10 Å². The van der Waals surface area contributed by atoms with E-state index in [2.05, 4.69) is 6.07 Å².